The minimum absolute atomic E-state index is 0.0149. The van der Waals surface area contributed by atoms with Crippen molar-refractivity contribution in [2.45, 2.75) is 39.2 Å². The Labute approximate surface area is 201 Å². The molecule has 1 aliphatic rings. The molecule has 4 aromatic rings. The Morgan fingerprint density at radius 3 is 2.50 bits per heavy atom. The Hall–Kier alpha value is -3.71. The molecular weight excluding hydrogens is 448 g/mol. The number of carbonyl (C=O) groups excluding carboxylic acids is 2. The molecule has 1 aliphatic heterocycles. The molecule has 0 fully saturated rings. The number of amides is 1. The van der Waals surface area contributed by atoms with Gasteiger partial charge in [-0.2, -0.15) is 0 Å². The molecule has 6 nitrogen and oxygen atoms in total. The number of aromatic nitrogens is 1. The average molecular weight is 473 g/mol. The molecule has 0 spiro atoms. The number of nitrogens with zero attached hydrogens (tertiary/aromatic N) is 2. The lowest BCUT2D eigenvalue weighted by Crippen LogP contribution is -2.31. The first-order chi connectivity index (χ1) is 16.1. The lowest BCUT2D eigenvalue weighted by atomic mass is 9.85. The molecule has 0 bridgehead atoms. The van der Waals surface area contributed by atoms with Crippen molar-refractivity contribution in [3.8, 4) is 0 Å². The second kappa shape index (κ2) is 7.95. The van der Waals surface area contributed by atoms with Crippen molar-refractivity contribution >= 4 is 38.4 Å². The first kappa shape index (κ1) is 22.1. The zero-order valence-electron chi connectivity index (χ0n) is 19.3. The van der Waals surface area contributed by atoms with Crippen LogP contribution in [-0.2, 0) is 10.2 Å². The number of carbonyl (C=O) groups is 2. The Kier molecular flexibility index (Phi) is 5.17. The van der Waals surface area contributed by atoms with Crippen LogP contribution < -0.4 is 4.90 Å². The van der Waals surface area contributed by atoms with Crippen molar-refractivity contribution in [3.05, 3.63) is 94.6 Å². The summed E-state index contributed by atoms with van der Waals surface area (Å²) < 4.78 is 6.23. The van der Waals surface area contributed by atoms with Crippen LogP contribution in [-0.4, -0.2) is 21.8 Å². The minimum atomic E-state index is -0.833. The van der Waals surface area contributed by atoms with Crippen molar-refractivity contribution in [1.82, 2.24) is 4.98 Å². The van der Waals surface area contributed by atoms with Gasteiger partial charge in [0.15, 0.2) is 16.7 Å². The van der Waals surface area contributed by atoms with Gasteiger partial charge in [-0.3, -0.25) is 14.5 Å². The summed E-state index contributed by atoms with van der Waals surface area (Å²) in [5.74, 6) is -1.70. The number of aliphatic hydroxyl groups excluding tert-OH is 1. The third-order valence-corrected chi connectivity index (χ3v) is 7.05. The van der Waals surface area contributed by atoms with Gasteiger partial charge in [-0.15, -0.1) is 0 Å². The molecule has 0 unspecified atom stereocenters. The van der Waals surface area contributed by atoms with Crippen LogP contribution in [0.3, 0.4) is 0 Å². The van der Waals surface area contributed by atoms with Crippen LogP contribution >= 0.6 is 11.3 Å². The van der Waals surface area contributed by atoms with E-state index in [2.05, 4.69) is 25.8 Å². The van der Waals surface area contributed by atoms with Crippen molar-refractivity contribution in [2.75, 3.05) is 4.90 Å². The van der Waals surface area contributed by atoms with Crippen LogP contribution in [0.15, 0.2) is 76.6 Å². The van der Waals surface area contributed by atoms with Crippen molar-refractivity contribution in [3.63, 3.8) is 0 Å². The van der Waals surface area contributed by atoms with Crippen LogP contribution in [0.1, 0.15) is 54.1 Å². The van der Waals surface area contributed by atoms with Gasteiger partial charge in [0.2, 0.25) is 5.78 Å². The molecular formula is C27H24N2O4S. The van der Waals surface area contributed by atoms with E-state index in [1.807, 2.05) is 49.4 Å². The van der Waals surface area contributed by atoms with E-state index in [1.54, 1.807) is 6.07 Å². The van der Waals surface area contributed by atoms with Gasteiger partial charge in [0.25, 0.3) is 5.91 Å². The highest BCUT2D eigenvalue weighted by Crippen LogP contribution is 2.44. The van der Waals surface area contributed by atoms with E-state index in [1.165, 1.54) is 28.6 Å². The molecule has 2 aromatic carbocycles. The maximum Gasteiger partial charge on any atom is 0.296 e. The van der Waals surface area contributed by atoms with E-state index in [4.69, 9.17) is 4.42 Å². The topological polar surface area (TPSA) is 83.6 Å². The average Bonchev–Trinajstić information content (AvgIpc) is 3.52. The van der Waals surface area contributed by atoms with Crippen molar-refractivity contribution in [1.29, 1.82) is 0 Å². The van der Waals surface area contributed by atoms with Crippen LogP contribution in [0, 0.1) is 6.92 Å². The number of hydrogen-bond donors (Lipinski definition) is 1. The number of aliphatic hydroxyl groups is 1. The Bertz CT molecular complexity index is 1440. The molecule has 1 N–H and O–H groups in total. The van der Waals surface area contributed by atoms with Crippen molar-refractivity contribution < 1.29 is 19.1 Å². The zero-order chi connectivity index (χ0) is 24.2. The molecule has 0 aliphatic carbocycles. The third-order valence-electron chi connectivity index (χ3n) is 6.03. The summed E-state index contributed by atoms with van der Waals surface area (Å²) in [6, 6.07) is 15.9. The Balaban J connectivity index is 1.67. The van der Waals surface area contributed by atoms with Crippen LogP contribution in [0.4, 0.5) is 5.13 Å². The number of aryl methyl sites for hydroxylation is 1. The molecule has 172 valence electrons. The number of fused-ring (bicyclic) bond motifs is 1. The van der Waals surface area contributed by atoms with Gasteiger partial charge in [-0.25, -0.2) is 4.98 Å². The largest absolute Gasteiger partial charge is 0.503 e. The summed E-state index contributed by atoms with van der Waals surface area (Å²) in [5.41, 5.74) is 3.59. The first-order valence-corrected chi connectivity index (χ1v) is 11.8. The van der Waals surface area contributed by atoms with Gasteiger partial charge in [-0.1, -0.05) is 62.4 Å². The van der Waals surface area contributed by atoms with Gasteiger partial charge in [0, 0.05) is 0 Å². The Morgan fingerprint density at radius 2 is 1.85 bits per heavy atom. The standard InChI is InChI=1S/C27H24N2O4S/c1-15-7-12-18-20(14-15)34-26(28-18)29-22(16-8-10-17(11-9-16)27(2,3)4)21(24(31)25(29)32)23(30)19-6-5-13-33-19/h5-14,22,31H,1-4H3/t22-/m0/s1. The number of rotatable bonds is 4. The molecule has 1 atom stereocenters. The summed E-state index contributed by atoms with van der Waals surface area (Å²) in [4.78, 5) is 32.8. The number of ketones is 1. The second-order valence-electron chi connectivity index (χ2n) is 9.49. The molecule has 7 heteroatoms. The van der Waals surface area contributed by atoms with E-state index in [0.29, 0.717) is 10.7 Å². The minimum Gasteiger partial charge on any atom is -0.503 e. The van der Waals surface area contributed by atoms with Gasteiger partial charge in [0.1, 0.15) is 0 Å². The molecule has 2 aromatic heterocycles. The Morgan fingerprint density at radius 1 is 1.12 bits per heavy atom. The lowest BCUT2D eigenvalue weighted by Gasteiger charge is -2.25. The summed E-state index contributed by atoms with van der Waals surface area (Å²) >= 11 is 1.35. The molecule has 5 rings (SSSR count). The number of benzene rings is 2. The third kappa shape index (κ3) is 3.62. The fraction of sp³-hybridized carbons (Fsp3) is 0.222. The summed E-state index contributed by atoms with van der Waals surface area (Å²) in [6.45, 7) is 8.35. The normalized spacial score (nSPS) is 16.6. The highest BCUT2D eigenvalue weighted by molar-refractivity contribution is 7.22. The van der Waals surface area contributed by atoms with Crippen LogP contribution in [0.2, 0.25) is 0 Å². The SMILES string of the molecule is Cc1ccc2nc(N3C(=O)C(O)=C(C(=O)c4ccco4)[C@@H]3c3ccc(C(C)(C)C)cc3)sc2c1. The number of anilines is 1. The van der Waals surface area contributed by atoms with Gasteiger partial charge >= 0.3 is 0 Å². The molecule has 1 amide bonds. The molecule has 0 saturated carbocycles. The van der Waals surface area contributed by atoms with Gasteiger partial charge in [-0.05, 0) is 53.3 Å². The van der Waals surface area contributed by atoms with E-state index in [0.717, 1.165) is 21.3 Å². The fourth-order valence-electron chi connectivity index (χ4n) is 4.18. The number of thiazole rings is 1. The summed E-state index contributed by atoms with van der Waals surface area (Å²) in [7, 11) is 0. The van der Waals surface area contributed by atoms with Crippen LogP contribution in [0.5, 0.6) is 0 Å². The monoisotopic (exact) mass is 472 g/mol. The zero-order valence-corrected chi connectivity index (χ0v) is 20.1. The molecule has 0 saturated heterocycles. The van der Waals surface area contributed by atoms with E-state index < -0.39 is 23.5 Å². The molecule has 34 heavy (non-hydrogen) atoms. The summed E-state index contributed by atoms with van der Waals surface area (Å²) in [6.07, 6.45) is 1.39. The maximum atomic E-state index is 13.4. The first-order valence-electron chi connectivity index (χ1n) is 11.0. The number of Topliss-reactive ketones (excluding diaryl/α,β-unsaturated/α-hetero) is 1. The highest BCUT2D eigenvalue weighted by Gasteiger charge is 2.46. The van der Waals surface area contributed by atoms with E-state index in [9.17, 15) is 14.7 Å². The quantitative estimate of drug-likeness (QED) is 0.354. The fourth-order valence-corrected chi connectivity index (χ4v) is 5.27. The molecule has 0 radical (unpaired) electrons. The molecule has 3 heterocycles. The van der Waals surface area contributed by atoms with E-state index in [-0.39, 0.29) is 16.7 Å². The predicted molar refractivity (Wildman–Crippen MR) is 132 cm³/mol. The van der Waals surface area contributed by atoms with Gasteiger partial charge in [0.05, 0.1) is 28.1 Å². The van der Waals surface area contributed by atoms with Gasteiger partial charge < -0.3 is 9.52 Å². The highest BCUT2D eigenvalue weighted by atomic mass is 32.1. The predicted octanol–water partition coefficient (Wildman–Crippen LogP) is 6.28. The lowest BCUT2D eigenvalue weighted by molar-refractivity contribution is -0.117. The summed E-state index contributed by atoms with van der Waals surface area (Å²) in [5, 5.41) is 11.3. The van der Waals surface area contributed by atoms with Crippen molar-refractivity contribution in [2.24, 2.45) is 0 Å². The van der Waals surface area contributed by atoms with E-state index >= 15 is 0 Å². The maximum absolute atomic E-state index is 13.4. The van der Waals surface area contributed by atoms with Crippen LogP contribution in [0.25, 0.3) is 10.2 Å². The smallest absolute Gasteiger partial charge is 0.296 e. The number of furan rings is 1. The second-order valence-corrected chi connectivity index (χ2v) is 10.5. The number of hydrogen-bond acceptors (Lipinski definition) is 6.